The van der Waals surface area contributed by atoms with Gasteiger partial charge in [-0.3, -0.25) is 9.78 Å². The number of benzene rings is 1. The number of para-hydroxylation sites is 1. The molecule has 3 rings (SSSR count). The molecule has 0 radical (unpaired) electrons. The highest BCUT2D eigenvalue weighted by atomic mass is 16.3. The van der Waals surface area contributed by atoms with E-state index >= 15 is 0 Å². The average molecular weight is 318 g/mol. The Balaban J connectivity index is 1.73. The van der Waals surface area contributed by atoms with Gasteiger partial charge in [0.2, 0.25) is 0 Å². The van der Waals surface area contributed by atoms with E-state index in [1.165, 1.54) is 6.21 Å². The van der Waals surface area contributed by atoms with Crippen LogP contribution in [0.2, 0.25) is 0 Å². The van der Waals surface area contributed by atoms with Crippen molar-refractivity contribution in [1.29, 1.82) is 0 Å². The van der Waals surface area contributed by atoms with Crippen LogP contribution in [0.25, 0.3) is 11.4 Å². The van der Waals surface area contributed by atoms with Crippen LogP contribution >= 0.6 is 0 Å². The number of hydrogen-bond acceptors (Lipinski definition) is 5. The van der Waals surface area contributed by atoms with Crippen molar-refractivity contribution >= 4 is 12.1 Å². The van der Waals surface area contributed by atoms with Gasteiger partial charge in [0, 0.05) is 11.8 Å². The van der Waals surface area contributed by atoms with Crippen LogP contribution in [0, 0.1) is 0 Å². The predicted molar refractivity (Wildman–Crippen MR) is 90.6 cm³/mol. The molecule has 0 saturated carbocycles. The zero-order chi connectivity index (χ0) is 16.8. The maximum atomic E-state index is 12.1. The van der Waals surface area contributed by atoms with Gasteiger partial charge in [0.25, 0.3) is 5.91 Å². The molecule has 0 spiro atoms. The van der Waals surface area contributed by atoms with Crippen molar-refractivity contribution in [2.75, 3.05) is 0 Å². The van der Waals surface area contributed by atoms with E-state index in [-0.39, 0.29) is 11.4 Å². The van der Waals surface area contributed by atoms with Gasteiger partial charge in [-0.15, -0.1) is 0 Å². The fourth-order valence-corrected chi connectivity index (χ4v) is 2.03. The zero-order valence-electron chi connectivity index (χ0n) is 12.6. The average Bonchev–Trinajstić information content (AvgIpc) is 2.64. The summed E-state index contributed by atoms with van der Waals surface area (Å²) in [6.45, 7) is 0. The molecule has 2 aromatic heterocycles. The fourth-order valence-electron chi connectivity index (χ4n) is 2.03. The molecule has 0 aliphatic carbocycles. The molecule has 2 N–H and O–H groups in total. The Bertz CT molecular complexity index is 879. The standard InChI is InChI=1S/C18H14N4O2/c23-17-10-2-1-6-13(17)12-20-22-18(24)16-9-5-8-15(21-16)14-7-3-4-11-19-14/h1-12,23H,(H,22,24)/b20-12+. The first-order valence-electron chi connectivity index (χ1n) is 7.24. The Labute approximate surface area is 138 Å². The van der Waals surface area contributed by atoms with Crippen LogP contribution in [0.3, 0.4) is 0 Å². The molecule has 2 heterocycles. The van der Waals surface area contributed by atoms with E-state index in [1.54, 1.807) is 48.7 Å². The third-order valence-electron chi connectivity index (χ3n) is 3.22. The molecule has 0 aliphatic heterocycles. The molecule has 1 aromatic carbocycles. The Morgan fingerprint density at radius 3 is 2.58 bits per heavy atom. The first kappa shape index (κ1) is 15.4. The van der Waals surface area contributed by atoms with Crippen molar-refractivity contribution in [1.82, 2.24) is 15.4 Å². The van der Waals surface area contributed by atoms with Crippen LogP contribution in [0.15, 0.2) is 72.0 Å². The molecule has 0 saturated heterocycles. The molecule has 0 fully saturated rings. The molecular weight excluding hydrogens is 304 g/mol. The third-order valence-corrected chi connectivity index (χ3v) is 3.22. The highest BCUT2D eigenvalue weighted by Gasteiger charge is 2.08. The summed E-state index contributed by atoms with van der Waals surface area (Å²) in [5.41, 5.74) is 4.42. The highest BCUT2D eigenvalue weighted by molar-refractivity contribution is 5.93. The van der Waals surface area contributed by atoms with Gasteiger partial charge in [-0.2, -0.15) is 5.10 Å². The number of pyridine rings is 2. The fraction of sp³-hybridized carbons (Fsp3) is 0. The smallest absolute Gasteiger partial charge is 0.289 e. The number of phenolic OH excluding ortho intramolecular Hbond substituents is 1. The normalized spacial score (nSPS) is 10.7. The van der Waals surface area contributed by atoms with Gasteiger partial charge in [0.05, 0.1) is 17.6 Å². The number of nitrogens with zero attached hydrogens (tertiary/aromatic N) is 3. The number of carbonyl (C=O) groups excluding carboxylic acids is 1. The van der Waals surface area contributed by atoms with Crippen molar-refractivity contribution in [3.8, 4) is 17.1 Å². The van der Waals surface area contributed by atoms with Crippen molar-refractivity contribution in [3.05, 3.63) is 78.1 Å². The molecule has 24 heavy (non-hydrogen) atoms. The number of amides is 1. The van der Waals surface area contributed by atoms with E-state index in [0.717, 1.165) is 0 Å². The van der Waals surface area contributed by atoms with Crippen LogP contribution in [0.5, 0.6) is 5.75 Å². The van der Waals surface area contributed by atoms with E-state index in [0.29, 0.717) is 17.0 Å². The van der Waals surface area contributed by atoms with E-state index in [2.05, 4.69) is 20.5 Å². The summed E-state index contributed by atoms with van der Waals surface area (Å²) in [5, 5.41) is 13.5. The summed E-state index contributed by atoms with van der Waals surface area (Å²) in [4.78, 5) is 20.6. The first-order chi connectivity index (χ1) is 11.7. The lowest BCUT2D eigenvalue weighted by Gasteiger charge is -2.03. The Kier molecular flexibility index (Phi) is 4.57. The molecule has 0 aliphatic rings. The molecular formula is C18H14N4O2. The molecule has 1 amide bonds. The monoisotopic (exact) mass is 318 g/mol. The number of carbonyl (C=O) groups is 1. The van der Waals surface area contributed by atoms with Crippen molar-refractivity contribution in [3.63, 3.8) is 0 Å². The van der Waals surface area contributed by atoms with Gasteiger partial charge in [0.1, 0.15) is 11.4 Å². The molecule has 0 atom stereocenters. The van der Waals surface area contributed by atoms with E-state index in [4.69, 9.17) is 0 Å². The first-order valence-corrected chi connectivity index (χ1v) is 7.24. The maximum Gasteiger partial charge on any atom is 0.289 e. The number of rotatable bonds is 4. The van der Waals surface area contributed by atoms with Crippen molar-refractivity contribution in [2.24, 2.45) is 5.10 Å². The van der Waals surface area contributed by atoms with E-state index < -0.39 is 5.91 Å². The minimum Gasteiger partial charge on any atom is -0.507 e. The van der Waals surface area contributed by atoms with Gasteiger partial charge in [-0.05, 0) is 36.4 Å². The summed E-state index contributed by atoms with van der Waals surface area (Å²) in [5.74, 6) is -0.356. The van der Waals surface area contributed by atoms with Gasteiger partial charge >= 0.3 is 0 Å². The SMILES string of the molecule is O=C(N/N=C/c1ccccc1O)c1cccc(-c2ccccn2)n1. The van der Waals surface area contributed by atoms with Gasteiger partial charge < -0.3 is 5.11 Å². The van der Waals surface area contributed by atoms with Crippen LogP contribution in [0.1, 0.15) is 16.1 Å². The molecule has 6 heteroatoms. The van der Waals surface area contributed by atoms with E-state index in [1.807, 2.05) is 18.2 Å². The minimum atomic E-state index is -0.445. The Hall–Kier alpha value is -3.54. The Morgan fingerprint density at radius 2 is 1.79 bits per heavy atom. The summed E-state index contributed by atoms with van der Waals surface area (Å²) < 4.78 is 0. The lowest BCUT2D eigenvalue weighted by Crippen LogP contribution is -2.19. The van der Waals surface area contributed by atoms with Crippen LogP contribution in [-0.4, -0.2) is 27.2 Å². The highest BCUT2D eigenvalue weighted by Crippen LogP contribution is 2.14. The lowest BCUT2D eigenvalue weighted by atomic mass is 10.2. The number of aromatic hydroxyl groups is 1. The summed E-state index contributed by atoms with van der Waals surface area (Å²) >= 11 is 0. The van der Waals surface area contributed by atoms with Crippen LogP contribution in [0.4, 0.5) is 0 Å². The molecule has 0 bridgehead atoms. The topological polar surface area (TPSA) is 87.5 Å². The minimum absolute atomic E-state index is 0.0887. The quantitative estimate of drug-likeness (QED) is 0.572. The molecule has 118 valence electrons. The Morgan fingerprint density at radius 1 is 1.00 bits per heavy atom. The largest absolute Gasteiger partial charge is 0.507 e. The van der Waals surface area contributed by atoms with Crippen LogP contribution < -0.4 is 5.43 Å². The number of nitrogens with one attached hydrogen (secondary N) is 1. The maximum absolute atomic E-state index is 12.1. The summed E-state index contributed by atoms with van der Waals surface area (Å²) in [6, 6.07) is 17.3. The molecule has 6 nitrogen and oxygen atoms in total. The van der Waals surface area contributed by atoms with Crippen LogP contribution in [-0.2, 0) is 0 Å². The van der Waals surface area contributed by atoms with Crippen molar-refractivity contribution in [2.45, 2.75) is 0 Å². The predicted octanol–water partition coefficient (Wildman–Crippen LogP) is 2.61. The second kappa shape index (κ2) is 7.15. The summed E-state index contributed by atoms with van der Waals surface area (Å²) in [6.07, 6.45) is 3.04. The number of phenols is 1. The van der Waals surface area contributed by atoms with Crippen molar-refractivity contribution < 1.29 is 9.90 Å². The number of hydrazone groups is 1. The number of aromatic nitrogens is 2. The third kappa shape index (κ3) is 3.61. The second-order valence-electron chi connectivity index (χ2n) is 4.88. The second-order valence-corrected chi connectivity index (χ2v) is 4.88. The molecule has 3 aromatic rings. The van der Waals surface area contributed by atoms with Gasteiger partial charge in [-0.25, -0.2) is 10.4 Å². The lowest BCUT2D eigenvalue weighted by molar-refractivity contribution is 0.0950. The van der Waals surface area contributed by atoms with E-state index in [9.17, 15) is 9.90 Å². The number of hydrogen-bond donors (Lipinski definition) is 2. The zero-order valence-corrected chi connectivity index (χ0v) is 12.6. The van der Waals surface area contributed by atoms with Gasteiger partial charge in [-0.1, -0.05) is 24.3 Å². The summed E-state index contributed by atoms with van der Waals surface area (Å²) in [7, 11) is 0. The van der Waals surface area contributed by atoms with Gasteiger partial charge in [0.15, 0.2) is 0 Å². The molecule has 0 unspecified atom stereocenters.